The Morgan fingerprint density at radius 2 is 1.94 bits per heavy atom. The van der Waals surface area contributed by atoms with Crippen LogP contribution in [0.1, 0.15) is 56.2 Å². The number of anilines is 2. The molecule has 2 aliphatic heterocycles. The lowest BCUT2D eigenvalue weighted by Crippen LogP contribution is -2.53. The number of rotatable bonds is 7. The lowest BCUT2D eigenvalue weighted by Gasteiger charge is -2.42. The molecule has 2 aromatic rings. The molecule has 5 heteroatoms. The van der Waals surface area contributed by atoms with Crippen LogP contribution in [0.25, 0.3) is 6.08 Å². The van der Waals surface area contributed by atoms with E-state index in [1.807, 2.05) is 6.07 Å². The molecule has 174 valence electrons. The zero-order chi connectivity index (χ0) is 23.1. The molecule has 2 aromatic carbocycles. The maximum absolute atomic E-state index is 11.4. The number of benzene rings is 2. The summed E-state index contributed by atoms with van der Waals surface area (Å²) in [7, 11) is 0. The molecule has 0 radical (unpaired) electrons. The van der Waals surface area contributed by atoms with Gasteiger partial charge in [0, 0.05) is 36.4 Å². The summed E-state index contributed by atoms with van der Waals surface area (Å²) < 4.78 is 6.66. The van der Waals surface area contributed by atoms with Gasteiger partial charge < -0.3 is 19.6 Å². The molecule has 1 N–H and O–H groups in total. The van der Waals surface area contributed by atoms with E-state index in [0.717, 1.165) is 38.0 Å². The Hall–Kier alpha value is -2.79. The first-order valence-corrected chi connectivity index (χ1v) is 12.3. The van der Waals surface area contributed by atoms with E-state index in [1.165, 1.54) is 35.3 Å². The molecule has 1 unspecified atom stereocenters. The van der Waals surface area contributed by atoms with Gasteiger partial charge in [-0.15, -0.1) is 0 Å². The van der Waals surface area contributed by atoms with Crippen molar-refractivity contribution in [3.63, 3.8) is 0 Å². The highest BCUT2D eigenvalue weighted by Gasteiger charge is 2.64. The molecular formula is C28H34N2O3. The highest BCUT2D eigenvalue weighted by atomic mass is 16.5. The van der Waals surface area contributed by atoms with Crippen molar-refractivity contribution in [3.05, 3.63) is 65.2 Å². The van der Waals surface area contributed by atoms with Gasteiger partial charge in [0.2, 0.25) is 0 Å². The van der Waals surface area contributed by atoms with E-state index < -0.39 is 11.7 Å². The van der Waals surface area contributed by atoms with Crippen molar-refractivity contribution in [2.45, 2.75) is 57.1 Å². The minimum Gasteiger partial charge on any atom is -0.481 e. The summed E-state index contributed by atoms with van der Waals surface area (Å²) >= 11 is 0. The largest absolute Gasteiger partial charge is 0.481 e. The smallest absolute Gasteiger partial charge is 0.307 e. The summed E-state index contributed by atoms with van der Waals surface area (Å²) in [5.41, 5.74) is 5.16. The number of nitrogens with zero attached hydrogens (tertiary/aromatic N) is 2. The van der Waals surface area contributed by atoms with Crippen molar-refractivity contribution in [1.29, 1.82) is 0 Å². The summed E-state index contributed by atoms with van der Waals surface area (Å²) in [6.45, 7) is 7.92. The summed E-state index contributed by atoms with van der Waals surface area (Å²) in [5.74, 6) is -0.784. The molecular weight excluding hydrogens is 412 g/mol. The summed E-state index contributed by atoms with van der Waals surface area (Å²) in [5, 5.41) is 9.34. The maximum Gasteiger partial charge on any atom is 0.307 e. The van der Waals surface area contributed by atoms with Crippen LogP contribution in [0.4, 0.5) is 11.4 Å². The van der Waals surface area contributed by atoms with Crippen LogP contribution in [0.15, 0.2) is 48.5 Å². The van der Waals surface area contributed by atoms with Crippen LogP contribution in [-0.4, -0.2) is 43.0 Å². The molecule has 0 bridgehead atoms. The Morgan fingerprint density at radius 3 is 2.67 bits per heavy atom. The highest BCUT2D eigenvalue weighted by Crippen LogP contribution is 2.62. The van der Waals surface area contributed by atoms with E-state index in [9.17, 15) is 9.90 Å². The van der Waals surface area contributed by atoms with Crippen LogP contribution in [0, 0.1) is 0 Å². The standard InChI is InChI=1S/C28H34N2O3/c1-3-29(4-2)23-9-7-8-21(18-23)12-15-28-27(13-5-6-14-27)24-19-22(20-26(31)32)10-11-25(24)30(28)16-17-33-28/h7-12,15,18-19H,3-6,13-14,16-17,20H2,1-2H3,(H,31,32)/b15-12+. The van der Waals surface area contributed by atoms with Gasteiger partial charge in [-0.2, -0.15) is 0 Å². The minimum absolute atomic E-state index is 0.0607. The molecule has 1 aliphatic carbocycles. The predicted molar refractivity (Wildman–Crippen MR) is 133 cm³/mol. The lowest BCUT2D eigenvalue weighted by atomic mass is 9.72. The number of hydrogen-bond donors (Lipinski definition) is 1. The number of hydrogen-bond acceptors (Lipinski definition) is 4. The molecule has 1 atom stereocenters. The number of carboxylic acids is 1. The highest BCUT2D eigenvalue weighted by molar-refractivity contribution is 5.75. The van der Waals surface area contributed by atoms with E-state index in [4.69, 9.17) is 4.74 Å². The monoisotopic (exact) mass is 446 g/mol. The van der Waals surface area contributed by atoms with Gasteiger partial charge in [0.1, 0.15) is 0 Å². The second-order valence-electron chi connectivity index (χ2n) is 9.51. The van der Waals surface area contributed by atoms with Crippen LogP contribution in [-0.2, 0) is 21.4 Å². The van der Waals surface area contributed by atoms with Crippen molar-refractivity contribution in [1.82, 2.24) is 0 Å². The third-order valence-corrected chi connectivity index (χ3v) is 7.90. The predicted octanol–water partition coefficient (Wildman–Crippen LogP) is 5.23. The fourth-order valence-corrected chi connectivity index (χ4v) is 6.44. The van der Waals surface area contributed by atoms with Crippen LogP contribution in [0.2, 0.25) is 0 Å². The average Bonchev–Trinajstić information content (AvgIpc) is 3.51. The maximum atomic E-state index is 11.4. The molecule has 1 spiro atoms. The van der Waals surface area contributed by atoms with Crippen molar-refractivity contribution < 1.29 is 14.6 Å². The normalized spacial score (nSPS) is 22.8. The molecule has 0 aromatic heterocycles. The number of carboxylic acid groups (broad SMARTS) is 1. The quantitative estimate of drug-likeness (QED) is 0.631. The first-order valence-electron chi connectivity index (χ1n) is 12.3. The van der Waals surface area contributed by atoms with Gasteiger partial charge >= 0.3 is 5.97 Å². The van der Waals surface area contributed by atoms with Gasteiger partial charge in [-0.1, -0.05) is 43.2 Å². The Kier molecular flexibility index (Phi) is 5.69. The second-order valence-corrected chi connectivity index (χ2v) is 9.51. The van der Waals surface area contributed by atoms with Gasteiger partial charge in [-0.25, -0.2) is 0 Å². The Morgan fingerprint density at radius 1 is 1.15 bits per heavy atom. The van der Waals surface area contributed by atoms with Gasteiger partial charge in [-0.05, 0) is 67.7 Å². The van der Waals surface area contributed by atoms with Crippen molar-refractivity contribution in [3.8, 4) is 0 Å². The first-order chi connectivity index (χ1) is 16.0. The van der Waals surface area contributed by atoms with E-state index in [2.05, 4.69) is 72.2 Å². The second kappa shape index (κ2) is 8.53. The van der Waals surface area contributed by atoms with Crippen LogP contribution < -0.4 is 9.80 Å². The van der Waals surface area contributed by atoms with E-state index >= 15 is 0 Å². The molecule has 33 heavy (non-hydrogen) atoms. The number of carbonyl (C=O) groups is 1. The summed E-state index contributed by atoms with van der Waals surface area (Å²) in [4.78, 5) is 16.2. The molecule has 0 amide bonds. The third-order valence-electron chi connectivity index (χ3n) is 7.90. The van der Waals surface area contributed by atoms with Crippen LogP contribution in [0.5, 0.6) is 0 Å². The van der Waals surface area contributed by atoms with Crippen molar-refractivity contribution in [2.75, 3.05) is 36.0 Å². The number of aliphatic carboxylic acids is 1. The lowest BCUT2D eigenvalue weighted by molar-refractivity contribution is -0.136. The van der Waals surface area contributed by atoms with E-state index in [0.29, 0.717) is 6.61 Å². The molecule has 5 nitrogen and oxygen atoms in total. The Balaban J connectivity index is 1.56. The van der Waals surface area contributed by atoms with Gasteiger partial charge in [0.15, 0.2) is 5.72 Å². The molecule has 2 heterocycles. The SMILES string of the molecule is CCN(CC)c1cccc(/C=C/C23OCCN2c2ccc(CC(=O)O)cc2C32CCCC2)c1. The molecule has 1 saturated heterocycles. The van der Waals surface area contributed by atoms with E-state index in [1.54, 1.807) is 0 Å². The molecule has 3 aliphatic rings. The molecule has 1 saturated carbocycles. The first kappa shape index (κ1) is 22.0. The van der Waals surface area contributed by atoms with Gasteiger partial charge in [0.25, 0.3) is 0 Å². The third kappa shape index (κ3) is 3.45. The average molecular weight is 447 g/mol. The topological polar surface area (TPSA) is 53.0 Å². The molecule has 5 rings (SSSR count). The number of ether oxygens (including phenoxy) is 1. The Bertz CT molecular complexity index is 1070. The summed E-state index contributed by atoms with van der Waals surface area (Å²) in [6, 6.07) is 15.0. The Labute approximate surface area is 196 Å². The fourth-order valence-electron chi connectivity index (χ4n) is 6.44. The van der Waals surface area contributed by atoms with E-state index in [-0.39, 0.29) is 11.8 Å². The van der Waals surface area contributed by atoms with Crippen molar-refractivity contribution in [2.24, 2.45) is 0 Å². The van der Waals surface area contributed by atoms with Gasteiger partial charge in [0.05, 0.1) is 13.0 Å². The minimum atomic E-state index is -0.784. The number of fused-ring (bicyclic) bond motifs is 5. The fraction of sp³-hybridized carbons (Fsp3) is 0.464. The molecule has 2 fully saturated rings. The zero-order valence-corrected chi connectivity index (χ0v) is 19.7. The van der Waals surface area contributed by atoms with Crippen LogP contribution in [0.3, 0.4) is 0 Å². The zero-order valence-electron chi connectivity index (χ0n) is 19.7. The van der Waals surface area contributed by atoms with Crippen molar-refractivity contribution >= 4 is 23.4 Å². The summed E-state index contributed by atoms with van der Waals surface area (Å²) in [6.07, 6.45) is 9.07. The van der Waals surface area contributed by atoms with Gasteiger partial charge in [-0.3, -0.25) is 4.79 Å². The van der Waals surface area contributed by atoms with Crippen LogP contribution >= 0.6 is 0 Å².